The zero-order chi connectivity index (χ0) is 19.3. The van der Waals surface area contributed by atoms with Gasteiger partial charge in [-0.3, -0.25) is 14.9 Å². The monoisotopic (exact) mass is 368 g/mol. The quantitative estimate of drug-likeness (QED) is 0.431. The molecule has 2 rings (SSSR count). The van der Waals surface area contributed by atoms with Crippen LogP contribution in [0.15, 0.2) is 12.1 Å². The van der Waals surface area contributed by atoms with Crippen LogP contribution < -0.4 is 4.74 Å². The molecule has 1 fully saturated rings. The molecule has 0 radical (unpaired) electrons. The normalized spacial score (nSPS) is 15.7. The second kappa shape index (κ2) is 8.93. The zero-order valence-corrected chi connectivity index (χ0v) is 15.1. The molecule has 1 saturated carbocycles. The number of carbonyl (C=O) groups excluding carboxylic acids is 1. The van der Waals surface area contributed by atoms with E-state index in [1.165, 1.54) is 6.92 Å². The van der Waals surface area contributed by atoms with Gasteiger partial charge in [-0.1, -0.05) is 12.8 Å². The molecule has 26 heavy (non-hydrogen) atoms. The molecule has 0 aromatic heterocycles. The molecule has 1 atom stereocenters. The summed E-state index contributed by atoms with van der Waals surface area (Å²) in [6, 6.07) is 2.24. The van der Waals surface area contributed by atoms with Crippen molar-refractivity contribution >= 4 is 11.6 Å². The predicted octanol–water partition coefficient (Wildman–Crippen LogP) is 3.35. The minimum absolute atomic E-state index is 0.00997. The Morgan fingerprint density at radius 3 is 2.69 bits per heavy atom. The molecule has 1 aromatic carbocycles. The third kappa shape index (κ3) is 4.69. The summed E-state index contributed by atoms with van der Waals surface area (Å²) < 4.78 is 19.4. The largest absolute Gasteiger partial charge is 0.490 e. The first-order chi connectivity index (χ1) is 12.3. The molecule has 1 N–H and O–H groups in total. The van der Waals surface area contributed by atoms with Crippen LogP contribution in [-0.4, -0.2) is 40.5 Å². The number of aliphatic hydroxyl groups is 1. The Morgan fingerprint density at radius 1 is 1.46 bits per heavy atom. The number of halogens is 1. The molecule has 1 aliphatic carbocycles. The lowest BCUT2D eigenvalue weighted by atomic mass is 10.1. The summed E-state index contributed by atoms with van der Waals surface area (Å²) in [5.74, 6) is -1.09. The van der Waals surface area contributed by atoms with Crippen LogP contribution in [0.1, 0.15) is 57.1 Å². The molecule has 1 unspecified atom stereocenters. The van der Waals surface area contributed by atoms with E-state index in [0.29, 0.717) is 12.5 Å². The molecule has 0 spiro atoms. The van der Waals surface area contributed by atoms with Gasteiger partial charge in [-0.15, -0.1) is 0 Å². The fourth-order valence-corrected chi connectivity index (χ4v) is 3.34. The predicted molar refractivity (Wildman–Crippen MR) is 93.4 cm³/mol. The lowest BCUT2D eigenvalue weighted by molar-refractivity contribution is -0.386. The summed E-state index contributed by atoms with van der Waals surface area (Å²) in [6.45, 7) is 1.34. The van der Waals surface area contributed by atoms with E-state index in [9.17, 15) is 24.4 Å². The van der Waals surface area contributed by atoms with E-state index in [0.717, 1.165) is 37.8 Å². The first-order valence-electron chi connectivity index (χ1n) is 8.86. The Bertz CT molecular complexity index is 659. The molecule has 8 heteroatoms. The lowest BCUT2D eigenvalue weighted by Crippen LogP contribution is -2.35. The second-order valence-corrected chi connectivity index (χ2v) is 6.64. The summed E-state index contributed by atoms with van der Waals surface area (Å²) in [4.78, 5) is 24.3. The molecule has 0 saturated heterocycles. The molecule has 1 amide bonds. The van der Waals surface area contributed by atoms with Gasteiger partial charge in [0.2, 0.25) is 5.91 Å². The van der Waals surface area contributed by atoms with Crippen LogP contribution >= 0.6 is 0 Å². The number of hydrogen-bond acceptors (Lipinski definition) is 5. The smallest absolute Gasteiger partial charge is 0.279 e. The van der Waals surface area contributed by atoms with Crippen molar-refractivity contribution in [1.82, 2.24) is 4.90 Å². The maximum atomic E-state index is 14.0. The Kier molecular flexibility index (Phi) is 6.90. The Hall–Kier alpha value is -2.22. The summed E-state index contributed by atoms with van der Waals surface area (Å²) >= 11 is 0. The third-order valence-corrected chi connectivity index (χ3v) is 4.79. The zero-order valence-electron chi connectivity index (χ0n) is 15.1. The van der Waals surface area contributed by atoms with Gasteiger partial charge in [-0.05, 0) is 32.3 Å². The maximum Gasteiger partial charge on any atom is 0.279 e. The first-order valence-corrected chi connectivity index (χ1v) is 8.86. The number of ether oxygens (including phenoxy) is 1. The summed E-state index contributed by atoms with van der Waals surface area (Å²) in [5.41, 5.74) is -0.585. The van der Waals surface area contributed by atoms with Crippen LogP contribution in [0.3, 0.4) is 0 Å². The highest BCUT2D eigenvalue weighted by atomic mass is 19.1. The summed E-state index contributed by atoms with van der Waals surface area (Å²) in [6.07, 6.45) is 3.69. The average Bonchev–Trinajstić information content (AvgIpc) is 3.12. The van der Waals surface area contributed by atoms with E-state index >= 15 is 0 Å². The average molecular weight is 368 g/mol. The number of carbonyl (C=O) groups is 1. The number of rotatable bonds is 8. The third-order valence-electron chi connectivity index (χ3n) is 4.79. The van der Waals surface area contributed by atoms with E-state index in [2.05, 4.69) is 0 Å². The second-order valence-electron chi connectivity index (χ2n) is 6.64. The van der Waals surface area contributed by atoms with E-state index < -0.39 is 22.5 Å². The minimum Gasteiger partial charge on any atom is -0.490 e. The topological polar surface area (TPSA) is 92.9 Å². The molecule has 1 aliphatic rings. The lowest BCUT2D eigenvalue weighted by Gasteiger charge is -2.24. The molecule has 1 aromatic rings. The van der Waals surface area contributed by atoms with E-state index in [1.807, 2.05) is 0 Å². The number of nitro benzene ring substituents is 1. The highest BCUT2D eigenvalue weighted by Gasteiger charge is 2.26. The number of nitro groups is 1. The number of hydrogen-bond donors (Lipinski definition) is 1. The van der Waals surface area contributed by atoms with Crippen LogP contribution in [0.2, 0.25) is 0 Å². The molecular weight excluding hydrogens is 343 g/mol. The Morgan fingerprint density at radius 2 is 2.12 bits per heavy atom. The van der Waals surface area contributed by atoms with Crippen LogP contribution in [-0.2, 0) is 4.79 Å². The van der Waals surface area contributed by atoms with E-state index in [-0.39, 0.29) is 30.2 Å². The highest BCUT2D eigenvalue weighted by molar-refractivity contribution is 5.76. The van der Waals surface area contributed by atoms with Crippen molar-refractivity contribution in [2.24, 2.45) is 0 Å². The fraction of sp³-hybridized carbons (Fsp3) is 0.611. The van der Waals surface area contributed by atoms with Crippen molar-refractivity contribution in [2.45, 2.75) is 57.6 Å². The maximum absolute atomic E-state index is 14.0. The van der Waals surface area contributed by atoms with Gasteiger partial charge >= 0.3 is 0 Å². The van der Waals surface area contributed by atoms with Crippen molar-refractivity contribution in [3.63, 3.8) is 0 Å². The fourth-order valence-electron chi connectivity index (χ4n) is 3.34. The molecule has 7 nitrogen and oxygen atoms in total. The van der Waals surface area contributed by atoms with Gasteiger partial charge in [0, 0.05) is 25.6 Å². The molecule has 144 valence electrons. The molecule has 0 aliphatic heterocycles. The Balaban J connectivity index is 1.95. The molecule has 0 heterocycles. The molecular formula is C18H25FN2O5. The van der Waals surface area contributed by atoms with Gasteiger partial charge < -0.3 is 14.7 Å². The van der Waals surface area contributed by atoms with Gasteiger partial charge in [0.15, 0.2) is 11.6 Å². The van der Waals surface area contributed by atoms with Gasteiger partial charge in [0.1, 0.15) is 5.56 Å². The number of nitrogens with zero attached hydrogens (tertiary/aromatic N) is 2. The van der Waals surface area contributed by atoms with Gasteiger partial charge in [-0.25, -0.2) is 4.39 Å². The highest BCUT2D eigenvalue weighted by Crippen LogP contribution is 2.36. The van der Waals surface area contributed by atoms with Gasteiger partial charge in [0.05, 0.1) is 17.6 Å². The van der Waals surface area contributed by atoms with Crippen molar-refractivity contribution in [2.75, 3.05) is 13.7 Å². The van der Waals surface area contributed by atoms with Crippen LogP contribution in [0, 0.1) is 15.9 Å². The number of aliphatic hydroxyl groups excluding tert-OH is 1. The number of amides is 1. The first kappa shape index (κ1) is 20.1. The van der Waals surface area contributed by atoms with Crippen LogP contribution in [0.5, 0.6) is 5.75 Å². The van der Waals surface area contributed by atoms with Crippen LogP contribution in [0.4, 0.5) is 10.1 Å². The SMILES string of the molecule is CC(O)c1c([N+](=O)[O-])ccc(F)c1OCCCC(=O)N(C)C1CCCC1. The van der Waals surface area contributed by atoms with Crippen molar-refractivity contribution in [1.29, 1.82) is 0 Å². The summed E-state index contributed by atoms with van der Waals surface area (Å²) in [5, 5.41) is 20.9. The molecule has 0 bridgehead atoms. The van der Waals surface area contributed by atoms with E-state index in [4.69, 9.17) is 4.74 Å². The standard InChI is InChI=1S/C18H25FN2O5/c1-12(22)17-15(21(24)25)10-9-14(19)18(17)26-11-5-8-16(23)20(2)13-6-3-4-7-13/h9-10,12-13,22H,3-8,11H2,1-2H3. The number of benzene rings is 1. The van der Waals surface area contributed by atoms with Crippen LogP contribution in [0.25, 0.3) is 0 Å². The minimum atomic E-state index is -1.25. The summed E-state index contributed by atoms with van der Waals surface area (Å²) in [7, 11) is 1.80. The van der Waals surface area contributed by atoms with Gasteiger partial charge in [0.25, 0.3) is 5.69 Å². The van der Waals surface area contributed by atoms with Crippen molar-refractivity contribution in [3.05, 3.63) is 33.6 Å². The Labute approximate surface area is 151 Å². The van der Waals surface area contributed by atoms with Gasteiger partial charge in [-0.2, -0.15) is 0 Å². The van der Waals surface area contributed by atoms with Crippen molar-refractivity contribution in [3.8, 4) is 5.75 Å². The van der Waals surface area contributed by atoms with Crippen molar-refractivity contribution < 1.29 is 24.0 Å². The van der Waals surface area contributed by atoms with E-state index in [1.54, 1.807) is 11.9 Å².